The summed E-state index contributed by atoms with van der Waals surface area (Å²) < 4.78 is 0. The van der Waals surface area contributed by atoms with Gasteiger partial charge in [0.05, 0.1) is 6.54 Å². The van der Waals surface area contributed by atoms with E-state index in [9.17, 15) is 0 Å². The van der Waals surface area contributed by atoms with Crippen LogP contribution in [0.4, 0.5) is 0 Å². The highest BCUT2D eigenvalue weighted by Gasteiger charge is 2.19. The Bertz CT molecular complexity index is 171. The standard InChI is InChI=1S/C11H20N2/c1-3-6-12-7-9-13-8-5-11(4-2)10-13/h1,11-12H,4-10H2,2H3. The SMILES string of the molecule is C#CCNCCN1CCC(CC)C1. The summed E-state index contributed by atoms with van der Waals surface area (Å²) in [4.78, 5) is 2.53. The van der Waals surface area contributed by atoms with Gasteiger partial charge in [0.2, 0.25) is 0 Å². The van der Waals surface area contributed by atoms with Gasteiger partial charge in [0.15, 0.2) is 0 Å². The summed E-state index contributed by atoms with van der Waals surface area (Å²) in [5.41, 5.74) is 0. The second-order valence-electron chi connectivity index (χ2n) is 3.74. The van der Waals surface area contributed by atoms with Crippen LogP contribution in [0.3, 0.4) is 0 Å². The van der Waals surface area contributed by atoms with E-state index in [0.29, 0.717) is 6.54 Å². The van der Waals surface area contributed by atoms with E-state index < -0.39 is 0 Å². The van der Waals surface area contributed by atoms with Crippen molar-refractivity contribution < 1.29 is 0 Å². The van der Waals surface area contributed by atoms with Crippen LogP contribution in [0.2, 0.25) is 0 Å². The molecule has 0 aromatic heterocycles. The minimum absolute atomic E-state index is 0.699. The molecule has 0 spiro atoms. The Balaban J connectivity index is 2.01. The molecule has 74 valence electrons. The summed E-state index contributed by atoms with van der Waals surface area (Å²) in [7, 11) is 0. The quantitative estimate of drug-likeness (QED) is 0.500. The molecule has 0 amide bonds. The lowest BCUT2D eigenvalue weighted by atomic mass is 10.1. The lowest BCUT2D eigenvalue weighted by molar-refractivity contribution is 0.323. The van der Waals surface area contributed by atoms with Crippen LogP contribution in [0, 0.1) is 18.3 Å². The number of hydrogen-bond donors (Lipinski definition) is 1. The highest BCUT2D eigenvalue weighted by molar-refractivity contribution is 4.86. The number of nitrogens with zero attached hydrogens (tertiary/aromatic N) is 1. The van der Waals surface area contributed by atoms with Crippen molar-refractivity contribution >= 4 is 0 Å². The van der Waals surface area contributed by atoms with E-state index in [-0.39, 0.29) is 0 Å². The van der Waals surface area contributed by atoms with Gasteiger partial charge >= 0.3 is 0 Å². The first-order valence-corrected chi connectivity index (χ1v) is 5.23. The molecular weight excluding hydrogens is 160 g/mol. The van der Waals surface area contributed by atoms with Gasteiger partial charge in [-0.1, -0.05) is 19.3 Å². The predicted octanol–water partition coefficient (Wildman–Crippen LogP) is 0.941. The fourth-order valence-electron chi connectivity index (χ4n) is 1.85. The fraction of sp³-hybridized carbons (Fsp3) is 0.818. The Hall–Kier alpha value is -0.520. The topological polar surface area (TPSA) is 15.3 Å². The van der Waals surface area contributed by atoms with Gasteiger partial charge < -0.3 is 10.2 Å². The molecule has 2 nitrogen and oxygen atoms in total. The van der Waals surface area contributed by atoms with Gasteiger partial charge in [0.1, 0.15) is 0 Å². The van der Waals surface area contributed by atoms with Gasteiger partial charge in [0.25, 0.3) is 0 Å². The van der Waals surface area contributed by atoms with Gasteiger partial charge in [-0.15, -0.1) is 6.42 Å². The molecule has 0 radical (unpaired) electrons. The molecule has 1 fully saturated rings. The predicted molar refractivity (Wildman–Crippen MR) is 56.5 cm³/mol. The Kier molecular flexibility index (Phi) is 4.88. The number of nitrogens with one attached hydrogen (secondary N) is 1. The van der Waals surface area contributed by atoms with E-state index in [4.69, 9.17) is 6.42 Å². The summed E-state index contributed by atoms with van der Waals surface area (Å²) >= 11 is 0. The van der Waals surface area contributed by atoms with Gasteiger partial charge in [0, 0.05) is 19.6 Å². The Morgan fingerprint density at radius 1 is 1.62 bits per heavy atom. The second-order valence-corrected chi connectivity index (χ2v) is 3.74. The maximum absolute atomic E-state index is 5.14. The summed E-state index contributed by atoms with van der Waals surface area (Å²) in [6, 6.07) is 0. The van der Waals surface area contributed by atoms with Crippen LogP contribution in [0.15, 0.2) is 0 Å². The molecule has 1 rings (SSSR count). The molecule has 13 heavy (non-hydrogen) atoms. The van der Waals surface area contributed by atoms with E-state index in [1.807, 2.05) is 0 Å². The van der Waals surface area contributed by atoms with Crippen LogP contribution in [0.25, 0.3) is 0 Å². The highest BCUT2D eigenvalue weighted by atomic mass is 15.2. The smallest absolute Gasteiger partial charge is 0.0574 e. The van der Waals surface area contributed by atoms with Crippen LogP contribution < -0.4 is 5.32 Å². The first kappa shape index (κ1) is 10.6. The van der Waals surface area contributed by atoms with Crippen molar-refractivity contribution in [3.63, 3.8) is 0 Å². The first-order valence-electron chi connectivity index (χ1n) is 5.23. The average Bonchev–Trinajstić information content (AvgIpc) is 2.60. The molecule has 0 aromatic rings. The molecular formula is C11H20N2. The van der Waals surface area contributed by atoms with E-state index in [2.05, 4.69) is 23.1 Å². The summed E-state index contributed by atoms with van der Waals surface area (Å²) in [5, 5.41) is 3.22. The van der Waals surface area contributed by atoms with E-state index in [1.165, 1.54) is 25.9 Å². The van der Waals surface area contributed by atoms with Crippen molar-refractivity contribution in [2.75, 3.05) is 32.7 Å². The van der Waals surface area contributed by atoms with Crippen molar-refractivity contribution in [3.8, 4) is 12.3 Å². The first-order chi connectivity index (χ1) is 6.36. The Labute approximate surface area is 81.7 Å². The molecule has 1 aliphatic heterocycles. The maximum atomic E-state index is 5.14. The molecule has 2 heteroatoms. The normalized spacial score (nSPS) is 23.2. The second kappa shape index (κ2) is 6.01. The number of likely N-dealkylation sites (tertiary alicyclic amines) is 1. The fourth-order valence-corrected chi connectivity index (χ4v) is 1.85. The molecule has 1 aliphatic rings. The van der Waals surface area contributed by atoms with Crippen LogP contribution in [0.5, 0.6) is 0 Å². The van der Waals surface area contributed by atoms with Crippen LogP contribution >= 0.6 is 0 Å². The summed E-state index contributed by atoms with van der Waals surface area (Å²) in [5.74, 6) is 3.52. The third-order valence-electron chi connectivity index (χ3n) is 2.78. The number of rotatable bonds is 5. The third kappa shape index (κ3) is 3.80. The lowest BCUT2D eigenvalue weighted by Crippen LogP contribution is -2.30. The lowest BCUT2D eigenvalue weighted by Gasteiger charge is -2.15. The molecule has 1 saturated heterocycles. The van der Waals surface area contributed by atoms with E-state index >= 15 is 0 Å². The van der Waals surface area contributed by atoms with Crippen molar-refractivity contribution in [2.45, 2.75) is 19.8 Å². The highest BCUT2D eigenvalue weighted by Crippen LogP contribution is 2.17. The van der Waals surface area contributed by atoms with Crippen molar-refractivity contribution in [1.82, 2.24) is 10.2 Å². The van der Waals surface area contributed by atoms with Crippen LogP contribution in [-0.2, 0) is 0 Å². The Morgan fingerprint density at radius 3 is 3.08 bits per heavy atom. The van der Waals surface area contributed by atoms with Gasteiger partial charge in [-0.3, -0.25) is 0 Å². The molecule has 1 atom stereocenters. The number of terminal acetylenes is 1. The molecule has 0 saturated carbocycles. The molecule has 0 bridgehead atoms. The van der Waals surface area contributed by atoms with Crippen LogP contribution in [0.1, 0.15) is 19.8 Å². The zero-order valence-electron chi connectivity index (χ0n) is 8.55. The monoisotopic (exact) mass is 180 g/mol. The van der Waals surface area contributed by atoms with Gasteiger partial charge in [-0.25, -0.2) is 0 Å². The summed E-state index contributed by atoms with van der Waals surface area (Å²) in [6.45, 7) is 7.72. The van der Waals surface area contributed by atoms with E-state index in [0.717, 1.165) is 19.0 Å². The Morgan fingerprint density at radius 2 is 2.46 bits per heavy atom. The molecule has 0 aromatic carbocycles. The molecule has 1 heterocycles. The van der Waals surface area contributed by atoms with Crippen molar-refractivity contribution in [2.24, 2.45) is 5.92 Å². The van der Waals surface area contributed by atoms with Gasteiger partial charge in [-0.2, -0.15) is 0 Å². The van der Waals surface area contributed by atoms with Gasteiger partial charge in [-0.05, 0) is 18.9 Å². The minimum Gasteiger partial charge on any atom is -0.305 e. The zero-order valence-corrected chi connectivity index (χ0v) is 8.55. The largest absolute Gasteiger partial charge is 0.305 e. The molecule has 1 unspecified atom stereocenters. The summed E-state index contributed by atoms with van der Waals surface area (Å²) in [6.07, 6.45) is 7.85. The van der Waals surface area contributed by atoms with Crippen molar-refractivity contribution in [3.05, 3.63) is 0 Å². The van der Waals surface area contributed by atoms with Crippen LogP contribution in [-0.4, -0.2) is 37.6 Å². The molecule has 0 aliphatic carbocycles. The van der Waals surface area contributed by atoms with E-state index in [1.54, 1.807) is 0 Å². The average molecular weight is 180 g/mol. The molecule has 1 N–H and O–H groups in total. The number of hydrogen-bond acceptors (Lipinski definition) is 2. The minimum atomic E-state index is 0.699. The third-order valence-corrected chi connectivity index (χ3v) is 2.78. The zero-order chi connectivity index (χ0) is 9.52. The maximum Gasteiger partial charge on any atom is 0.0574 e. The van der Waals surface area contributed by atoms with Crippen molar-refractivity contribution in [1.29, 1.82) is 0 Å².